The van der Waals surface area contributed by atoms with Gasteiger partial charge in [-0.25, -0.2) is 4.98 Å². The number of rotatable bonds is 0. The topological polar surface area (TPSA) is 77.8 Å². The van der Waals surface area contributed by atoms with Gasteiger partial charge in [0, 0.05) is 28.7 Å². The number of nitrogens with two attached hydrogens (primary N) is 2. The van der Waals surface area contributed by atoms with Crippen molar-refractivity contribution in [2.75, 3.05) is 11.5 Å². The minimum absolute atomic E-state index is 0.420. The average Bonchev–Trinajstić information content (AvgIpc) is 2.28. The van der Waals surface area contributed by atoms with Crippen LogP contribution in [0.5, 0.6) is 0 Å². The summed E-state index contributed by atoms with van der Waals surface area (Å²) in [5.74, 6) is 0.420. The molecule has 78 valence electrons. The Morgan fingerprint density at radius 3 is 2.75 bits per heavy atom. The van der Waals surface area contributed by atoms with Gasteiger partial charge in [0.15, 0.2) is 0 Å². The number of nitrogen functional groups attached to an aromatic ring is 2. The number of anilines is 2. The zero-order chi connectivity index (χ0) is 11.1. The van der Waals surface area contributed by atoms with Gasteiger partial charge in [0.05, 0.1) is 5.52 Å². The van der Waals surface area contributed by atoms with Gasteiger partial charge in [0.1, 0.15) is 11.3 Å². The summed E-state index contributed by atoms with van der Waals surface area (Å²) in [5, 5.41) is 1.92. The molecule has 4 heteroatoms. The van der Waals surface area contributed by atoms with Crippen molar-refractivity contribution in [3.05, 3.63) is 36.5 Å². The fraction of sp³-hybridized carbons (Fsp3) is 0. The first-order chi connectivity index (χ1) is 7.75. The molecule has 0 radical (unpaired) electrons. The lowest BCUT2D eigenvalue weighted by Gasteiger charge is -2.05. The molecule has 16 heavy (non-hydrogen) atoms. The number of benzene rings is 1. The van der Waals surface area contributed by atoms with Crippen LogP contribution in [0.4, 0.5) is 11.5 Å². The molecule has 0 saturated heterocycles. The van der Waals surface area contributed by atoms with Crippen molar-refractivity contribution >= 4 is 33.3 Å². The van der Waals surface area contributed by atoms with Crippen LogP contribution in [0.1, 0.15) is 0 Å². The van der Waals surface area contributed by atoms with Crippen LogP contribution in [0.25, 0.3) is 21.8 Å². The van der Waals surface area contributed by atoms with E-state index in [4.69, 9.17) is 11.5 Å². The SMILES string of the molecule is Nc1cc(N)c2ccc3cccnc3c2n1. The molecule has 2 aromatic heterocycles. The zero-order valence-corrected chi connectivity index (χ0v) is 8.51. The number of fused-ring (bicyclic) bond motifs is 3. The summed E-state index contributed by atoms with van der Waals surface area (Å²) in [6, 6.07) is 9.48. The van der Waals surface area contributed by atoms with Gasteiger partial charge in [-0.3, -0.25) is 4.98 Å². The number of nitrogens with zero attached hydrogens (tertiary/aromatic N) is 2. The maximum Gasteiger partial charge on any atom is 0.126 e. The molecule has 3 rings (SSSR count). The molecule has 0 fully saturated rings. The highest BCUT2D eigenvalue weighted by molar-refractivity contribution is 6.07. The van der Waals surface area contributed by atoms with Gasteiger partial charge < -0.3 is 11.5 Å². The van der Waals surface area contributed by atoms with Crippen LogP contribution in [0.2, 0.25) is 0 Å². The maximum absolute atomic E-state index is 5.90. The molecule has 0 aliphatic heterocycles. The molecule has 1 aromatic carbocycles. The minimum atomic E-state index is 0.420. The molecule has 0 atom stereocenters. The number of hydrogen-bond donors (Lipinski definition) is 2. The molecule has 4 nitrogen and oxygen atoms in total. The van der Waals surface area contributed by atoms with Crippen molar-refractivity contribution in [2.45, 2.75) is 0 Å². The smallest absolute Gasteiger partial charge is 0.126 e. The summed E-state index contributed by atoms with van der Waals surface area (Å²) in [4.78, 5) is 8.62. The van der Waals surface area contributed by atoms with E-state index in [0.717, 1.165) is 21.8 Å². The minimum Gasteiger partial charge on any atom is -0.398 e. The number of hydrogen-bond acceptors (Lipinski definition) is 4. The Balaban J connectivity index is 2.59. The van der Waals surface area contributed by atoms with Crippen molar-refractivity contribution in [3.8, 4) is 0 Å². The second kappa shape index (κ2) is 3.06. The first-order valence-corrected chi connectivity index (χ1v) is 4.95. The van der Waals surface area contributed by atoms with E-state index in [1.165, 1.54) is 0 Å². The molecule has 2 heterocycles. The largest absolute Gasteiger partial charge is 0.398 e. The van der Waals surface area contributed by atoms with E-state index in [0.29, 0.717) is 11.5 Å². The van der Waals surface area contributed by atoms with Gasteiger partial charge >= 0.3 is 0 Å². The summed E-state index contributed by atoms with van der Waals surface area (Å²) in [5.41, 5.74) is 13.8. The Bertz CT molecular complexity index is 691. The summed E-state index contributed by atoms with van der Waals surface area (Å²) in [6.45, 7) is 0. The second-order valence-corrected chi connectivity index (χ2v) is 3.67. The van der Waals surface area contributed by atoms with Crippen LogP contribution in [0, 0.1) is 0 Å². The van der Waals surface area contributed by atoms with E-state index in [9.17, 15) is 0 Å². The quantitative estimate of drug-likeness (QED) is 0.556. The van der Waals surface area contributed by atoms with Crippen LogP contribution < -0.4 is 11.5 Å². The molecule has 0 aliphatic carbocycles. The van der Waals surface area contributed by atoms with Crippen molar-refractivity contribution < 1.29 is 0 Å². The Morgan fingerprint density at radius 1 is 1.00 bits per heavy atom. The molecule has 3 aromatic rings. The molecule has 0 spiro atoms. The number of pyridine rings is 2. The van der Waals surface area contributed by atoms with Crippen LogP contribution in [0.3, 0.4) is 0 Å². The zero-order valence-electron chi connectivity index (χ0n) is 8.51. The van der Waals surface area contributed by atoms with Crippen molar-refractivity contribution in [1.29, 1.82) is 0 Å². The second-order valence-electron chi connectivity index (χ2n) is 3.67. The van der Waals surface area contributed by atoms with E-state index >= 15 is 0 Å². The molecule has 0 amide bonds. The molecular weight excluding hydrogens is 200 g/mol. The molecule has 0 unspecified atom stereocenters. The molecule has 0 aliphatic rings. The predicted molar refractivity (Wildman–Crippen MR) is 65.9 cm³/mol. The average molecular weight is 210 g/mol. The monoisotopic (exact) mass is 210 g/mol. The van der Waals surface area contributed by atoms with Gasteiger partial charge in [-0.15, -0.1) is 0 Å². The third kappa shape index (κ3) is 1.16. The standard InChI is InChI=1S/C12H10N4/c13-9-6-10(14)16-12-8(9)4-3-7-2-1-5-15-11(7)12/h1-6H,(H4,13,14,16). The van der Waals surface area contributed by atoms with Crippen LogP contribution in [0.15, 0.2) is 36.5 Å². The van der Waals surface area contributed by atoms with Gasteiger partial charge in [0.2, 0.25) is 0 Å². The third-order valence-corrected chi connectivity index (χ3v) is 2.60. The van der Waals surface area contributed by atoms with Crippen molar-refractivity contribution in [3.63, 3.8) is 0 Å². The number of aromatic nitrogens is 2. The summed E-state index contributed by atoms with van der Waals surface area (Å²) in [6.07, 6.45) is 1.74. The summed E-state index contributed by atoms with van der Waals surface area (Å²) < 4.78 is 0. The predicted octanol–water partition coefficient (Wildman–Crippen LogP) is 1.95. The summed E-state index contributed by atoms with van der Waals surface area (Å²) in [7, 11) is 0. The first-order valence-electron chi connectivity index (χ1n) is 4.95. The Labute approximate surface area is 91.9 Å². The van der Waals surface area contributed by atoms with Crippen molar-refractivity contribution in [2.24, 2.45) is 0 Å². The maximum atomic E-state index is 5.90. The highest BCUT2D eigenvalue weighted by Crippen LogP contribution is 2.27. The fourth-order valence-corrected chi connectivity index (χ4v) is 1.87. The Morgan fingerprint density at radius 2 is 1.88 bits per heavy atom. The van der Waals surface area contributed by atoms with E-state index in [2.05, 4.69) is 9.97 Å². The normalized spacial score (nSPS) is 11.0. The van der Waals surface area contributed by atoms with Gasteiger partial charge in [-0.05, 0) is 12.1 Å². The van der Waals surface area contributed by atoms with E-state index in [1.54, 1.807) is 12.3 Å². The van der Waals surface area contributed by atoms with Gasteiger partial charge in [-0.1, -0.05) is 12.1 Å². The Hall–Kier alpha value is -2.36. The highest BCUT2D eigenvalue weighted by Gasteiger charge is 2.06. The van der Waals surface area contributed by atoms with E-state index in [-0.39, 0.29) is 0 Å². The Kier molecular flexibility index (Phi) is 1.71. The molecule has 0 saturated carbocycles. The first kappa shape index (κ1) is 8.91. The molecular formula is C12H10N4. The van der Waals surface area contributed by atoms with E-state index in [1.807, 2.05) is 24.3 Å². The summed E-state index contributed by atoms with van der Waals surface area (Å²) >= 11 is 0. The fourth-order valence-electron chi connectivity index (χ4n) is 1.87. The third-order valence-electron chi connectivity index (χ3n) is 2.60. The lowest BCUT2D eigenvalue weighted by molar-refractivity contribution is 1.38. The van der Waals surface area contributed by atoms with E-state index < -0.39 is 0 Å². The molecule has 0 bridgehead atoms. The highest BCUT2D eigenvalue weighted by atomic mass is 14.9. The lowest BCUT2D eigenvalue weighted by Crippen LogP contribution is -1.96. The molecule has 4 N–H and O–H groups in total. The van der Waals surface area contributed by atoms with Crippen molar-refractivity contribution in [1.82, 2.24) is 9.97 Å². The van der Waals surface area contributed by atoms with Gasteiger partial charge in [0.25, 0.3) is 0 Å². The lowest BCUT2D eigenvalue weighted by atomic mass is 10.1. The van der Waals surface area contributed by atoms with Crippen LogP contribution in [-0.2, 0) is 0 Å². The van der Waals surface area contributed by atoms with Crippen LogP contribution in [-0.4, -0.2) is 9.97 Å². The van der Waals surface area contributed by atoms with Gasteiger partial charge in [-0.2, -0.15) is 0 Å². The van der Waals surface area contributed by atoms with Crippen LogP contribution >= 0.6 is 0 Å².